The van der Waals surface area contributed by atoms with Crippen LogP contribution >= 0.6 is 0 Å². The third-order valence-electron chi connectivity index (χ3n) is 5.49. The van der Waals surface area contributed by atoms with Crippen molar-refractivity contribution in [1.29, 1.82) is 0 Å². The largest absolute Gasteiger partial charge is 0.484 e. The van der Waals surface area contributed by atoms with Gasteiger partial charge in [-0.25, -0.2) is 4.39 Å². The minimum absolute atomic E-state index is 0.0409. The first kappa shape index (κ1) is 20.3. The van der Waals surface area contributed by atoms with Crippen molar-refractivity contribution >= 4 is 16.7 Å². The predicted molar refractivity (Wildman–Crippen MR) is 113 cm³/mol. The van der Waals surface area contributed by atoms with Crippen LogP contribution in [0.4, 0.5) is 4.39 Å². The Hall–Kier alpha value is -2.96. The highest BCUT2D eigenvalue weighted by Crippen LogP contribution is 2.20. The number of carbonyl (C=O) groups is 1. The van der Waals surface area contributed by atoms with E-state index in [1.165, 1.54) is 17.0 Å². The van der Waals surface area contributed by atoms with Gasteiger partial charge in [-0.2, -0.15) is 0 Å². The summed E-state index contributed by atoms with van der Waals surface area (Å²) in [7, 11) is 0. The number of amides is 1. The van der Waals surface area contributed by atoms with E-state index in [1.54, 1.807) is 12.1 Å². The molecule has 2 N–H and O–H groups in total. The van der Waals surface area contributed by atoms with Gasteiger partial charge in [-0.05, 0) is 35.0 Å². The lowest BCUT2D eigenvalue weighted by atomic mass is 10.0. The summed E-state index contributed by atoms with van der Waals surface area (Å²) in [6, 6.07) is 20.4. The molecule has 5 nitrogen and oxygen atoms in total. The van der Waals surface area contributed by atoms with Gasteiger partial charge in [0.25, 0.3) is 5.91 Å². The molecule has 1 amide bonds. The average molecular weight is 409 g/mol. The van der Waals surface area contributed by atoms with Crippen LogP contribution in [0.2, 0.25) is 0 Å². The minimum atomic E-state index is -0.262. The van der Waals surface area contributed by atoms with Gasteiger partial charge in [0.05, 0.1) is 19.8 Å². The van der Waals surface area contributed by atoms with Gasteiger partial charge in [-0.1, -0.05) is 42.5 Å². The molecule has 1 fully saturated rings. The third kappa shape index (κ3) is 5.14. The van der Waals surface area contributed by atoms with Crippen LogP contribution in [-0.4, -0.2) is 45.4 Å². The van der Waals surface area contributed by atoms with E-state index in [2.05, 4.69) is 5.32 Å². The van der Waals surface area contributed by atoms with Gasteiger partial charge in [-0.3, -0.25) is 4.79 Å². The first-order chi connectivity index (χ1) is 14.7. The van der Waals surface area contributed by atoms with Crippen LogP contribution in [-0.2, 0) is 9.53 Å². The molecule has 0 aliphatic carbocycles. The number of benzene rings is 3. The Morgan fingerprint density at radius 3 is 2.53 bits per heavy atom. The fourth-order valence-electron chi connectivity index (χ4n) is 3.85. The topological polar surface area (TPSA) is 52.0 Å². The average Bonchev–Trinajstić information content (AvgIpc) is 2.79. The number of hydrogen-bond acceptors (Lipinski definition) is 3. The summed E-state index contributed by atoms with van der Waals surface area (Å²) in [4.78, 5) is 13.7. The highest BCUT2D eigenvalue weighted by molar-refractivity contribution is 5.84. The number of halogens is 1. The molecule has 0 aromatic heterocycles. The number of carbonyl (C=O) groups excluding carboxylic acids is 1. The molecule has 4 rings (SSSR count). The zero-order chi connectivity index (χ0) is 20.8. The second kappa shape index (κ2) is 9.69. The number of quaternary nitrogens is 1. The maximum Gasteiger partial charge on any atom is 0.258 e. The van der Waals surface area contributed by atoms with Gasteiger partial charge in [0.2, 0.25) is 0 Å². The van der Waals surface area contributed by atoms with Gasteiger partial charge in [0, 0.05) is 5.56 Å². The van der Waals surface area contributed by atoms with Crippen LogP contribution in [0.5, 0.6) is 5.75 Å². The first-order valence-electron chi connectivity index (χ1n) is 10.2. The Morgan fingerprint density at radius 1 is 1.03 bits per heavy atom. The molecule has 0 radical (unpaired) electrons. The van der Waals surface area contributed by atoms with Crippen molar-refractivity contribution in [2.45, 2.75) is 6.04 Å². The van der Waals surface area contributed by atoms with E-state index in [0.717, 1.165) is 29.4 Å². The molecule has 1 aliphatic heterocycles. The molecule has 0 unspecified atom stereocenters. The van der Waals surface area contributed by atoms with Crippen molar-refractivity contribution in [3.8, 4) is 5.75 Å². The summed E-state index contributed by atoms with van der Waals surface area (Å²) >= 11 is 0. The van der Waals surface area contributed by atoms with E-state index >= 15 is 0 Å². The fourth-order valence-corrected chi connectivity index (χ4v) is 3.85. The summed E-state index contributed by atoms with van der Waals surface area (Å²) in [5, 5.41) is 5.18. The zero-order valence-corrected chi connectivity index (χ0v) is 16.8. The molecule has 156 valence electrons. The van der Waals surface area contributed by atoms with Crippen LogP contribution in [0.3, 0.4) is 0 Å². The Morgan fingerprint density at radius 2 is 1.77 bits per heavy atom. The Bertz CT molecular complexity index is 987. The van der Waals surface area contributed by atoms with Crippen molar-refractivity contribution in [3.63, 3.8) is 0 Å². The molecule has 0 saturated carbocycles. The van der Waals surface area contributed by atoms with Gasteiger partial charge < -0.3 is 19.7 Å². The number of fused-ring (bicyclic) bond motifs is 1. The fraction of sp³-hybridized carbons (Fsp3) is 0.292. The first-order valence-corrected chi connectivity index (χ1v) is 10.2. The van der Waals surface area contributed by atoms with E-state index in [-0.39, 0.29) is 24.4 Å². The molecular formula is C24H26FN2O3+. The van der Waals surface area contributed by atoms with Crippen molar-refractivity contribution in [3.05, 3.63) is 78.1 Å². The standard InChI is InChI=1S/C24H25FN2O3/c25-21-8-5-19(6-9-21)23(27-11-13-29-14-12-27)16-26-24(28)17-30-22-10-7-18-3-1-2-4-20(18)15-22/h1-10,15,23H,11-14,16-17H2,(H,26,28)/p+1/t23-/m1/s1. The molecule has 0 spiro atoms. The molecule has 3 aromatic rings. The number of morpholine rings is 1. The van der Waals surface area contributed by atoms with Gasteiger partial charge in [-0.15, -0.1) is 0 Å². The maximum atomic E-state index is 13.4. The molecule has 1 atom stereocenters. The molecule has 6 heteroatoms. The number of hydrogen-bond donors (Lipinski definition) is 2. The van der Waals surface area contributed by atoms with Gasteiger partial charge >= 0.3 is 0 Å². The second-order valence-corrected chi connectivity index (χ2v) is 7.48. The van der Waals surface area contributed by atoms with E-state index in [1.807, 2.05) is 42.5 Å². The number of ether oxygens (including phenoxy) is 2. The van der Waals surface area contributed by atoms with Crippen molar-refractivity contribution in [2.24, 2.45) is 0 Å². The Balaban J connectivity index is 1.36. The zero-order valence-electron chi connectivity index (χ0n) is 16.8. The van der Waals surface area contributed by atoms with Crippen molar-refractivity contribution in [1.82, 2.24) is 5.32 Å². The highest BCUT2D eigenvalue weighted by atomic mass is 19.1. The summed E-state index contributed by atoms with van der Waals surface area (Å²) in [6.07, 6.45) is 0. The smallest absolute Gasteiger partial charge is 0.258 e. The molecule has 1 saturated heterocycles. The van der Waals surface area contributed by atoms with Crippen molar-refractivity contribution < 1.29 is 23.6 Å². The molecule has 1 aliphatic rings. The lowest BCUT2D eigenvalue weighted by Gasteiger charge is -2.32. The maximum absolute atomic E-state index is 13.4. The van der Waals surface area contributed by atoms with E-state index < -0.39 is 0 Å². The quantitative estimate of drug-likeness (QED) is 0.629. The van der Waals surface area contributed by atoms with Crippen molar-refractivity contribution in [2.75, 3.05) is 39.5 Å². The molecule has 1 heterocycles. The van der Waals surface area contributed by atoms with Gasteiger partial charge in [0.15, 0.2) is 6.61 Å². The lowest BCUT2D eigenvalue weighted by Crippen LogP contribution is -3.15. The minimum Gasteiger partial charge on any atom is -0.484 e. The van der Waals surface area contributed by atoms with Crippen LogP contribution in [0.1, 0.15) is 11.6 Å². The predicted octanol–water partition coefficient (Wildman–Crippen LogP) is 2.13. The van der Waals surface area contributed by atoms with E-state index in [4.69, 9.17) is 9.47 Å². The summed E-state index contributed by atoms with van der Waals surface area (Å²) in [5.41, 5.74) is 1.00. The van der Waals surface area contributed by atoms with Crippen LogP contribution in [0, 0.1) is 5.82 Å². The molecule has 3 aromatic carbocycles. The summed E-state index contributed by atoms with van der Waals surface area (Å²) < 4.78 is 24.5. The molecule has 0 bridgehead atoms. The van der Waals surface area contributed by atoms with Crippen LogP contribution in [0.15, 0.2) is 66.7 Å². The monoisotopic (exact) mass is 409 g/mol. The Kier molecular flexibility index (Phi) is 6.57. The normalized spacial score (nSPS) is 15.6. The highest BCUT2D eigenvalue weighted by Gasteiger charge is 2.27. The second-order valence-electron chi connectivity index (χ2n) is 7.48. The summed E-state index contributed by atoms with van der Waals surface area (Å²) in [6.45, 7) is 3.49. The Labute approximate surface area is 175 Å². The van der Waals surface area contributed by atoms with Crippen LogP contribution in [0.25, 0.3) is 10.8 Å². The van der Waals surface area contributed by atoms with Gasteiger partial charge in [0.1, 0.15) is 30.7 Å². The SMILES string of the molecule is O=C(COc1ccc2ccccc2c1)NC[C@H](c1ccc(F)cc1)[NH+]1CCOCC1. The number of rotatable bonds is 7. The number of nitrogens with one attached hydrogen (secondary N) is 2. The molecular weight excluding hydrogens is 383 g/mol. The lowest BCUT2D eigenvalue weighted by molar-refractivity contribution is -0.937. The van der Waals surface area contributed by atoms with E-state index in [9.17, 15) is 9.18 Å². The van der Waals surface area contributed by atoms with Crippen LogP contribution < -0.4 is 15.0 Å². The van der Waals surface area contributed by atoms with E-state index in [0.29, 0.717) is 25.5 Å². The molecule has 30 heavy (non-hydrogen) atoms. The summed E-state index contributed by atoms with van der Waals surface area (Å²) in [5.74, 6) is 0.225. The third-order valence-corrected chi connectivity index (χ3v) is 5.49.